The topological polar surface area (TPSA) is 69.7 Å². The zero-order chi connectivity index (χ0) is 21.7. The number of nitrogens with zero attached hydrogens (tertiary/aromatic N) is 1. The molecule has 0 unspecified atom stereocenters. The predicted molar refractivity (Wildman–Crippen MR) is 120 cm³/mol. The minimum Gasteiger partial charge on any atom is -0.493 e. The number of hydrogen-bond acceptors (Lipinski definition) is 6. The number of carbonyl (C=O) groups is 1. The monoisotopic (exact) mass is 426 g/mol. The van der Waals surface area contributed by atoms with Crippen molar-refractivity contribution in [2.75, 3.05) is 26.6 Å². The number of rotatable bonds is 8. The first-order valence-electron chi connectivity index (χ1n) is 9.61. The second kappa shape index (κ2) is 9.63. The van der Waals surface area contributed by atoms with E-state index in [9.17, 15) is 4.79 Å². The summed E-state index contributed by atoms with van der Waals surface area (Å²) in [7, 11) is 4.55. The smallest absolute Gasteiger partial charge is 0.257 e. The lowest BCUT2D eigenvalue weighted by molar-refractivity contribution is 0.102. The van der Waals surface area contributed by atoms with Crippen molar-refractivity contribution in [1.82, 2.24) is 4.98 Å². The Morgan fingerprint density at radius 2 is 1.67 bits per heavy atom. The molecular formula is C23H26N2O4S. The largest absolute Gasteiger partial charge is 0.493 e. The summed E-state index contributed by atoms with van der Waals surface area (Å²) in [6, 6.07) is 11.6. The van der Waals surface area contributed by atoms with Gasteiger partial charge in [0.05, 0.1) is 27.0 Å². The SMILES string of the molecule is COc1cc(C(=O)Nc2nc(-c3ccc(CC(C)C)cc3)cs2)cc(OC)c1OC. The molecule has 6 nitrogen and oxygen atoms in total. The van der Waals surface area contributed by atoms with Gasteiger partial charge in [-0.1, -0.05) is 38.1 Å². The molecule has 7 heteroatoms. The Hall–Kier alpha value is -3.06. The molecule has 30 heavy (non-hydrogen) atoms. The molecule has 0 radical (unpaired) electrons. The Bertz CT molecular complexity index is 987. The maximum Gasteiger partial charge on any atom is 0.257 e. The summed E-state index contributed by atoms with van der Waals surface area (Å²) in [4.78, 5) is 17.3. The Morgan fingerprint density at radius 1 is 1.03 bits per heavy atom. The van der Waals surface area contributed by atoms with Gasteiger partial charge in [0.2, 0.25) is 5.75 Å². The Kier molecular flexibility index (Phi) is 6.95. The zero-order valence-corrected chi connectivity index (χ0v) is 18.6. The van der Waals surface area contributed by atoms with Gasteiger partial charge in [-0.25, -0.2) is 4.98 Å². The first-order chi connectivity index (χ1) is 14.4. The minimum absolute atomic E-state index is 0.303. The lowest BCUT2D eigenvalue weighted by atomic mass is 10.0. The number of benzene rings is 2. The van der Waals surface area contributed by atoms with E-state index >= 15 is 0 Å². The molecule has 0 aliphatic carbocycles. The first-order valence-corrected chi connectivity index (χ1v) is 10.5. The van der Waals surface area contributed by atoms with Crippen LogP contribution in [0.1, 0.15) is 29.8 Å². The van der Waals surface area contributed by atoms with Crippen LogP contribution in [0.15, 0.2) is 41.8 Å². The van der Waals surface area contributed by atoms with E-state index in [1.807, 2.05) is 5.38 Å². The normalized spacial score (nSPS) is 10.7. The average molecular weight is 427 g/mol. The number of nitrogens with one attached hydrogen (secondary N) is 1. The van der Waals surface area contributed by atoms with Gasteiger partial charge in [0.1, 0.15) is 0 Å². The molecule has 3 rings (SSSR count). The molecular weight excluding hydrogens is 400 g/mol. The van der Waals surface area contributed by atoms with E-state index in [1.54, 1.807) is 12.1 Å². The van der Waals surface area contributed by atoms with Gasteiger partial charge in [-0.3, -0.25) is 10.1 Å². The van der Waals surface area contributed by atoms with Crippen molar-refractivity contribution in [1.29, 1.82) is 0 Å². The quantitative estimate of drug-likeness (QED) is 0.530. The molecule has 1 amide bonds. The van der Waals surface area contributed by atoms with Crippen molar-refractivity contribution in [2.24, 2.45) is 5.92 Å². The standard InChI is InChI=1S/C23H26N2O4S/c1-14(2)10-15-6-8-16(9-7-15)18-13-30-23(24-18)25-22(26)17-11-19(27-3)21(29-5)20(12-17)28-4/h6-9,11-14H,10H2,1-5H3,(H,24,25,26). The molecule has 2 aromatic carbocycles. The molecule has 0 aliphatic heterocycles. The van der Waals surface area contributed by atoms with Crippen LogP contribution >= 0.6 is 11.3 Å². The van der Waals surface area contributed by atoms with E-state index in [2.05, 4.69) is 48.4 Å². The number of ether oxygens (including phenoxy) is 3. The van der Waals surface area contributed by atoms with Crippen LogP contribution in [-0.2, 0) is 6.42 Å². The highest BCUT2D eigenvalue weighted by Crippen LogP contribution is 2.38. The molecule has 0 aliphatic rings. The third-order valence-corrected chi connectivity index (χ3v) is 5.30. The summed E-state index contributed by atoms with van der Waals surface area (Å²) in [5.41, 5.74) is 3.54. The summed E-state index contributed by atoms with van der Waals surface area (Å²) in [6.45, 7) is 4.41. The van der Waals surface area contributed by atoms with Gasteiger partial charge in [-0.2, -0.15) is 0 Å². The van der Waals surface area contributed by atoms with Gasteiger partial charge in [0.25, 0.3) is 5.91 Å². The highest BCUT2D eigenvalue weighted by molar-refractivity contribution is 7.14. The lowest BCUT2D eigenvalue weighted by Gasteiger charge is -2.13. The number of aromatic nitrogens is 1. The van der Waals surface area contributed by atoms with E-state index in [1.165, 1.54) is 38.2 Å². The van der Waals surface area contributed by atoms with Gasteiger partial charge < -0.3 is 14.2 Å². The van der Waals surface area contributed by atoms with Crippen molar-refractivity contribution in [3.63, 3.8) is 0 Å². The third kappa shape index (κ3) is 4.91. The van der Waals surface area contributed by atoms with Crippen LogP contribution in [-0.4, -0.2) is 32.2 Å². The highest BCUT2D eigenvalue weighted by Gasteiger charge is 2.18. The highest BCUT2D eigenvalue weighted by atomic mass is 32.1. The molecule has 0 bridgehead atoms. The van der Waals surface area contributed by atoms with E-state index in [-0.39, 0.29) is 5.91 Å². The Labute approximate surface area is 180 Å². The number of thiazole rings is 1. The fourth-order valence-electron chi connectivity index (χ4n) is 3.13. The molecule has 3 aromatic rings. The van der Waals surface area contributed by atoms with Crippen LogP contribution in [0.4, 0.5) is 5.13 Å². The predicted octanol–water partition coefficient (Wildman–Crippen LogP) is 5.29. The molecule has 1 aromatic heterocycles. The third-order valence-electron chi connectivity index (χ3n) is 4.55. The van der Waals surface area contributed by atoms with Crippen LogP contribution in [0.3, 0.4) is 0 Å². The van der Waals surface area contributed by atoms with E-state index in [4.69, 9.17) is 14.2 Å². The van der Waals surface area contributed by atoms with Gasteiger partial charge in [-0.15, -0.1) is 11.3 Å². The number of carbonyl (C=O) groups excluding carboxylic acids is 1. The van der Waals surface area contributed by atoms with E-state index in [0.717, 1.165) is 17.7 Å². The van der Waals surface area contributed by atoms with Crippen LogP contribution in [0.5, 0.6) is 17.2 Å². The molecule has 158 valence electrons. The Morgan fingerprint density at radius 3 is 2.20 bits per heavy atom. The van der Waals surface area contributed by atoms with Crippen molar-refractivity contribution in [2.45, 2.75) is 20.3 Å². The number of amides is 1. The summed E-state index contributed by atoms with van der Waals surface area (Å²) >= 11 is 1.38. The number of methoxy groups -OCH3 is 3. The summed E-state index contributed by atoms with van der Waals surface area (Å²) in [5, 5.41) is 5.30. The van der Waals surface area contributed by atoms with E-state index < -0.39 is 0 Å². The van der Waals surface area contributed by atoms with Crippen LogP contribution in [0, 0.1) is 5.92 Å². The average Bonchev–Trinajstić information content (AvgIpc) is 3.21. The Balaban J connectivity index is 1.76. The van der Waals surface area contributed by atoms with Gasteiger partial charge >= 0.3 is 0 Å². The van der Waals surface area contributed by atoms with Crippen molar-refractivity contribution >= 4 is 22.4 Å². The molecule has 0 fully saturated rings. The molecule has 1 N–H and O–H groups in total. The van der Waals surface area contributed by atoms with E-state index in [0.29, 0.717) is 33.9 Å². The van der Waals surface area contributed by atoms with Gasteiger partial charge in [-0.05, 0) is 30.0 Å². The van der Waals surface area contributed by atoms with Crippen molar-refractivity contribution in [3.05, 3.63) is 52.9 Å². The maximum atomic E-state index is 12.7. The van der Waals surface area contributed by atoms with Gasteiger partial charge in [0, 0.05) is 16.5 Å². The van der Waals surface area contributed by atoms with Crippen LogP contribution < -0.4 is 19.5 Å². The zero-order valence-electron chi connectivity index (χ0n) is 17.8. The molecule has 0 saturated carbocycles. The van der Waals surface area contributed by atoms with Gasteiger partial charge in [0.15, 0.2) is 16.6 Å². The van der Waals surface area contributed by atoms with Crippen molar-refractivity contribution in [3.8, 4) is 28.5 Å². The fraction of sp³-hybridized carbons (Fsp3) is 0.304. The molecule has 1 heterocycles. The number of hydrogen-bond donors (Lipinski definition) is 1. The van der Waals surface area contributed by atoms with Crippen LogP contribution in [0.25, 0.3) is 11.3 Å². The first kappa shape index (κ1) is 21.6. The second-order valence-corrected chi connectivity index (χ2v) is 8.06. The maximum absolute atomic E-state index is 12.7. The summed E-state index contributed by atoms with van der Waals surface area (Å²) in [6.07, 6.45) is 1.05. The van der Waals surface area contributed by atoms with Crippen molar-refractivity contribution < 1.29 is 19.0 Å². The summed E-state index contributed by atoms with van der Waals surface area (Å²) < 4.78 is 15.9. The molecule has 0 atom stereocenters. The summed E-state index contributed by atoms with van der Waals surface area (Å²) in [5.74, 6) is 1.59. The van der Waals surface area contributed by atoms with Crippen LogP contribution in [0.2, 0.25) is 0 Å². The molecule has 0 spiro atoms. The number of anilines is 1. The minimum atomic E-state index is -0.303. The second-order valence-electron chi connectivity index (χ2n) is 7.20. The fourth-order valence-corrected chi connectivity index (χ4v) is 3.84. The molecule has 0 saturated heterocycles. The lowest BCUT2D eigenvalue weighted by Crippen LogP contribution is -2.12.